The zero-order valence-corrected chi connectivity index (χ0v) is 18.9. The maximum Gasteiger partial charge on any atom is 0.246 e. The van der Waals surface area contributed by atoms with Crippen molar-refractivity contribution >= 4 is 33.6 Å². The maximum absolute atomic E-state index is 13.0. The molecule has 0 aromatic heterocycles. The number of piperazine rings is 1. The summed E-state index contributed by atoms with van der Waals surface area (Å²) >= 11 is 6.17. The van der Waals surface area contributed by atoms with Crippen LogP contribution < -0.4 is 9.47 Å². The first-order valence-corrected chi connectivity index (χ1v) is 11.7. The molecule has 0 bridgehead atoms. The van der Waals surface area contributed by atoms with Gasteiger partial charge in [0, 0.05) is 32.3 Å². The molecule has 0 spiro atoms. The van der Waals surface area contributed by atoms with Gasteiger partial charge in [-0.1, -0.05) is 29.3 Å². The van der Waals surface area contributed by atoms with Gasteiger partial charge < -0.3 is 14.4 Å². The van der Waals surface area contributed by atoms with E-state index in [0.717, 1.165) is 16.7 Å². The second-order valence-corrected chi connectivity index (χ2v) is 9.88. The first kappa shape index (κ1) is 21.7. The molecular formula is C22H23ClN2O5S. The fourth-order valence-corrected chi connectivity index (χ4v) is 5.63. The highest BCUT2D eigenvalue weighted by Crippen LogP contribution is 2.40. The van der Waals surface area contributed by atoms with Gasteiger partial charge in [-0.15, -0.1) is 0 Å². The number of rotatable bonds is 4. The van der Waals surface area contributed by atoms with E-state index in [1.54, 1.807) is 42.2 Å². The molecule has 0 aliphatic carbocycles. The zero-order valence-electron chi connectivity index (χ0n) is 17.3. The molecule has 2 aliphatic heterocycles. The van der Waals surface area contributed by atoms with Gasteiger partial charge in [0.1, 0.15) is 0 Å². The lowest BCUT2D eigenvalue weighted by Gasteiger charge is -2.33. The van der Waals surface area contributed by atoms with E-state index in [2.05, 4.69) is 0 Å². The minimum atomic E-state index is -3.59. The molecule has 0 saturated carbocycles. The molecule has 2 heterocycles. The Labute approximate surface area is 186 Å². The summed E-state index contributed by atoms with van der Waals surface area (Å²) in [6, 6.07) is 8.77. The van der Waals surface area contributed by atoms with Crippen LogP contribution in [0.5, 0.6) is 11.5 Å². The maximum atomic E-state index is 13.0. The number of fused-ring (bicyclic) bond motifs is 1. The highest BCUT2D eigenvalue weighted by molar-refractivity contribution is 7.89. The third kappa shape index (κ3) is 4.42. The lowest BCUT2D eigenvalue weighted by Crippen LogP contribution is -2.50. The fraction of sp³-hybridized carbons (Fsp3) is 0.318. The first-order chi connectivity index (χ1) is 14.8. The van der Waals surface area contributed by atoms with Crippen molar-refractivity contribution in [2.24, 2.45) is 0 Å². The molecular weight excluding hydrogens is 440 g/mol. The van der Waals surface area contributed by atoms with E-state index in [-0.39, 0.29) is 25.8 Å². The second-order valence-electron chi connectivity index (χ2n) is 7.57. The number of halogens is 1. The van der Waals surface area contributed by atoms with Crippen molar-refractivity contribution < 1.29 is 22.7 Å². The summed E-state index contributed by atoms with van der Waals surface area (Å²) in [5.41, 5.74) is 2.46. The third-order valence-corrected chi connectivity index (χ3v) is 7.71. The monoisotopic (exact) mass is 462 g/mol. The number of benzene rings is 2. The average molecular weight is 463 g/mol. The average Bonchev–Trinajstić information content (AvgIpc) is 3.21. The second kappa shape index (κ2) is 8.53. The molecule has 31 heavy (non-hydrogen) atoms. The molecule has 0 N–H and O–H groups in total. The normalized spacial score (nSPS) is 16.8. The predicted molar refractivity (Wildman–Crippen MR) is 118 cm³/mol. The van der Waals surface area contributed by atoms with Crippen molar-refractivity contribution in [1.82, 2.24) is 9.21 Å². The predicted octanol–water partition coefficient (Wildman–Crippen LogP) is 3.23. The molecule has 164 valence electrons. The van der Waals surface area contributed by atoms with E-state index in [1.807, 2.05) is 13.0 Å². The van der Waals surface area contributed by atoms with Crippen molar-refractivity contribution in [3.63, 3.8) is 0 Å². The largest absolute Gasteiger partial charge is 0.454 e. The van der Waals surface area contributed by atoms with Gasteiger partial charge in [-0.05, 0) is 49.2 Å². The van der Waals surface area contributed by atoms with Crippen LogP contribution in [0.25, 0.3) is 6.08 Å². The zero-order chi connectivity index (χ0) is 22.2. The molecule has 0 atom stereocenters. The Hall–Kier alpha value is -2.55. The number of sulfonamides is 1. The van der Waals surface area contributed by atoms with Gasteiger partial charge in [-0.3, -0.25) is 4.79 Å². The van der Waals surface area contributed by atoms with Crippen LogP contribution in [-0.4, -0.2) is 56.5 Å². The third-order valence-electron chi connectivity index (χ3n) is 5.37. The van der Waals surface area contributed by atoms with Crippen LogP contribution in [0.3, 0.4) is 0 Å². The number of hydrogen-bond acceptors (Lipinski definition) is 5. The number of ether oxygens (including phenoxy) is 2. The summed E-state index contributed by atoms with van der Waals surface area (Å²) < 4.78 is 38.1. The molecule has 4 rings (SSSR count). The first-order valence-electron chi connectivity index (χ1n) is 9.89. The quantitative estimate of drug-likeness (QED) is 0.652. The van der Waals surface area contributed by atoms with E-state index < -0.39 is 10.0 Å². The lowest BCUT2D eigenvalue weighted by molar-refractivity contribution is -0.127. The van der Waals surface area contributed by atoms with Gasteiger partial charge in [0.2, 0.25) is 22.7 Å². The summed E-state index contributed by atoms with van der Waals surface area (Å²) in [4.78, 5) is 14.5. The number of nitrogens with zero attached hydrogens (tertiary/aromatic N) is 2. The molecule has 0 unspecified atom stereocenters. The van der Waals surface area contributed by atoms with E-state index in [0.29, 0.717) is 34.5 Å². The Bertz CT molecular complexity index is 1150. The lowest BCUT2D eigenvalue weighted by atomic mass is 10.2. The molecule has 1 saturated heterocycles. The summed E-state index contributed by atoms with van der Waals surface area (Å²) in [5, 5.41) is 0.423. The van der Waals surface area contributed by atoms with E-state index in [4.69, 9.17) is 21.1 Å². The van der Waals surface area contributed by atoms with Crippen molar-refractivity contribution in [3.05, 3.63) is 58.1 Å². The van der Waals surface area contributed by atoms with E-state index in [1.165, 1.54) is 10.4 Å². The highest BCUT2D eigenvalue weighted by Gasteiger charge is 2.30. The minimum absolute atomic E-state index is 0.121. The van der Waals surface area contributed by atoms with Crippen molar-refractivity contribution in [1.29, 1.82) is 0 Å². The standard InChI is InChI=1S/C22H23ClN2O5S/c1-15-3-5-20(16(2)11-15)31(27,28)25-9-7-24(8-10-25)21(26)6-4-17-12-18(23)22-19(13-17)29-14-30-22/h3-6,11-13H,7-10,14H2,1-2H3/b6-4+. The number of hydrogen-bond donors (Lipinski definition) is 0. The summed E-state index contributed by atoms with van der Waals surface area (Å²) in [7, 11) is -3.59. The smallest absolute Gasteiger partial charge is 0.246 e. The Morgan fingerprint density at radius 1 is 1.06 bits per heavy atom. The van der Waals surface area contributed by atoms with Crippen molar-refractivity contribution in [2.75, 3.05) is 33.0 Å². The van der Waals surface area contributed by atoms with Crippen LogP contribution in [0.1, 0.15) is 16.7 Å². The van der Waals surface area contributed by atoms with Gasteiger partial charge in [-0.25, -0.2) is 8.42 Å². The summed E-state index contributed by atoms with van der Waals surface area (Å²) in [6.45, 7) is 5.02. The molecule has 2 aliphatic rings. The Morgan fingerprint density at radius 3 is 2.52 bits per heavy atom. The highest BCUT2D eigenvalue weighted by atomic mass is 35.5. The summed E-state index contributed by atoms with van der Waals surface area (Å²) in [5.74, 6) is 0.869. The molecule has 0 radical (unpaired) electrons. The van der Waals surface area contributed by atoms with Gasteiger partial charge >= 0.3 is 0 Å². The van der Waals surface area contributed by atoms with Crippen LogP contribution in [0.2, 0.25) is 5.02 Å². The SMILES string of the molecule is Cc1ccc(S(=O)(=O)N2CCN(C(=O)/C=C/c3cc(Cl)c4c(c3)OCO4)CC2)c(C)c1. The van der Waals surface area contributed by atoms with E-state index in [9.17, 15) is 13.2 Å². The fourth-order valence-electron chi connectivity index (χ4n) is 3.73. The van der Waals surface area contributed by atoms with Crippen LogP contribution in [-0.2, 0) is 14.8 Å². The number of carbonyl (C=O) groups is 1. The van der Waals surface area contributed by atoms with Crippen LogP contribution in [0.15, 0.2) is 41.3 Å². The Morgan fingerprint density at radius 2 is 1.81 bits per heavy atom. The number of amides is 1. The molecule has 2 aromatic rings. The minimum Gasteiger partial charge on any atom is -0.454 e. The summed E-state index contributed by atoms with van der Waals surface area (Å²) in [6.07, 6.45) is 3.12. The van der Waals surface area contributed by atoms with Crippen molar-refractivity contribution in [3.8, 4) is 11.5 Å². The van der Waals surface area contributed by atoms with Gasteiger partial charge in [0.25, 0.3) is 0 Å². The number of carbonyl (C=O) groups excluding carboxylic acids is 1. The van der Waals surface area contributed by atoms with Gasteiger partial charge in [-0.2, -0.15) is 4.31 Å². The Balaban J connectivity index is 1.40. The molecule has 7 nitrogen and oxygen atoms in total. The van der Waals surface area contributed by atoms with Gasteiger partial charge in [0.05, 0.1) is 9.92 Å². The van der Waals surface area contributed by atoms with Crippen LogP contribution >= 0.6 is 11.6 Å². The number of aryl methyl sites for hydroxylation is 2. The topological polar surface area (TPSA) is 76.2 Å². The molecule has 9 heteroatoms. The van der Waals surface area contributed by atoms with Crippen LogP contribution in [0, 0.1) is 13.8 Å². The van der Waals surface area contributed by atoms with Gasteiger partial charge in [0.15, 0.2) is 11.5 Å². The molecule has 2 aromatic carbocycles. The molecule has 1 amide bonds. The molecule has 1 fully saturated rings. The van der Waals surface area contributed by atoms with E-state index >= 15 is 0 Å². The Kier molecular flexibility index (Phi) is 5.96. The van der Waals surface area contributed by atoms with Crippen molar-refractivity contribution in [2.45, 2.75) is 18.7 Å². The van der Waals surface area contributed by atoms with Crippen LogP contribution in [0.4, 0.5) is 0 Å².